The third-order valence-corrected chi connectivity index (χ3v) is 3.58. The normalized spacial score (nSPS) is 30.8. The number of amides is 1. The molecule has 88 valence electrons. The van der Waals surface area contributed by atoms with Gasteiger partial charge in [0.05, 0.1) is 12.7 Å². The van der Waals surface area contributed by atoms with Crippen molar-refractivity contribution in [3.8, 4) is 0 Å². The van der Waals surface area contributed by atoms with Crippen LogP contribution >= 0.6 is 22.6 Å². The lowest BCUT2D eigenvalue weighted by atomic mass is 10.1. The van der Waals surface area contributed by atoms with Gasteiger partial charge in [-0.25, -0.2) is 0 Å². The number of nitrogens with zero attached hydrogens (tertiary/aromatic N) is 1. The molecule has 0 aromatic heterocycles. The van der Waals surface area contributed by atoms with Crippen molar-refractivity contribution < 1.29 is 9.53 Å². The minimum atomic E-state index is -0.363. The van der Waals surface area contributed by atoms with E-state index in [1.165, 1.54) is 4.90 Å². The van der Waals surface area contributed by atoms with Crippen LogP contribution in [0.15, 0.2) is 21.4 Å². The molecule has 0 spiro atoms. The Bertz CT molecular complexity index is 337. The number of rotatable bonds is 2. The monoisotopic (exact) mass is 335 g/mol. The predicted octanol–water partition coefficient (Wildman–Crippen LogP) is -0.0656. The van der Waals surface area contributed by atoms with Gasteiger partial charge in [0, 0.05) is 22.9 Å². The zero-order chi connectivity index (χ0) is 11.5. The lowest BCUT2D eigenvalue weighted by molar-refractivity contribution is -0.117. The van der Waals surface area contributed by atoms with Gasteiger partial charge in [0.2, 0.25) is 6.41 Å². The minimum absolute atomic E-state index is 0.00784. The van der Waals surface area contributed by atoms with Crippen LogP contribution in [0.25, 0.3) is 0 Å². The number of nitrogens with one attached hydrogen (secondary N) is 1. The maximum absolute atomic E-state index is 10.9. The molecule has 2 heterocycles. The molecule has 2 unspecified atom stereocenters. The van der Waals surface area contributed by atoms with Crippen LogP contribution in [0.2, 0.25) is 0 Å². The lowest BCUT2D eigenvalue weighted by Gasteiger charge is -2.31. The Morgan fingerprint density at radius 2 is 2.50 bits per heavy atom. The van der Waals surface area contributed by atoms with Crippen LogP contribution in [0.4, 0.5) is 0 Å². The molecule has 1 saturated heterocycles. The van der Waals surface area contributed by atoms with Crippen LogP contribution in [0.3, 0.4) is 0 Å². The molecule has 0 radical (unpaired) electrons. The Hall–Kier alpha value is -0.440. The third kappa shape index (κ3) is 2.45. The van der Waals surface area contributed by atoms with Gasteiger partial charge in [-0.05, 0) is 34.2 Å². The molecule has 0 bridgehead atoms. The van der Waals surface area contributed by atoms with E-state index >= 15 is 0 Å². The Morgan fingerprint density at radius 3 is 3.12 bits per heavy atom. The molecule has 5 nitrogen and oxygen atoms in total. The van der Waals surface area contributed by atoms with Gasteiger partial charge in [0.1, 0.15) is 6.17 Å². The summed E-state index contributed by atoms with van der Waals surface area (Å²) in [5.41, 5.74) is 6.83. The zero-order valence-corrected chi connectivity index (χ0v) is 10.9. The van der Waals surface area contributed by atoms with E-state index in [1.54, 1.807) is 6.20 Å². The molecule has 0 aromatic rings. The Kier molecular flexibility index (Phi) is 3.95. The molecule has 0 saturated carbocycles. The third-order valence-electron chi connectivity index (χ3n) is 2.63. The SMILES string of the molecule is NC1C(I)=CC(C2CNCCO2)=CN1C=O. The Balaban J connectivity index is 2.16. The molecular weight excluding hydrogens is 321 g/mol. The first-order chi connectivity index (χ1) is 7.72. The maximum atomic E-state index is 10.9. The molecule has 2 atom stereocenters. The fraction of sp³-hybridized carbons (Fsp3) is 0.500. The summed E-state index contributed by atoms with van der Waals surface area (Å²) in [6, 6.07) is 0. The number of hydrogen-bond donors (Lipinski definition) is 2. The van der Waals surface area contributed by atoms with Gasteiger partial charge in [-0.3, -0.25) is 4.79 Å². The van der Waals surface area contributed by atoms with Gasteiger partial charge in [-0.2, -0.15) is 0 Å². The fourth-order valence-electron chi connectivity index (χ4n) is 1.73. The van der Waals surface area contributed by atoms with E-state index in [0.29, 0.717) is 6.61 Å². The van der Waals surface area contributed by atoms with E-state index in [9.17, 15) is 4.79 Å². The van der Waals surface area contributed by atoms with Crippen molar-refractivity contribution in [1.82, 2.24) is 10.2 Å². The summed E-state index contributed by atoms with van der Waals surface area (Å²) in [7, 11) is 0. The van der Waals surface area contributed by atoms with Gasteiger partial charge in [-0.15, -0.1) is 0 Å². The minimum Gasteiger partial charge on any atom is -0.371 e. The maximum Gasteiger partial charge on any atom is 0.215 e. The van der Waals surface area contributed by atoms with Crippen LogP contribution in [-0.2, 0) is 9.53 Å². The summed E-state index contributed by atoms with van der Waals surface area (Å²) in [6.45, 7) is 2.34. The number of morpholine rings is 1. The summed E-state index contributed by atoms with van der Waals surface area (Å²) >= 11 is 2.15. The van der Waals surface area contributed by atoms with Crippen molar-refractivity contribution in [2.75, 3.05) is 19.7 Å². The Morgan fingerprint density at radius 1 is 1.69 bits per heavy atom. The number of ether oxygens (including phenoxy) is 1. The molecule has 2 aliphatic heterocycles. The van der Waals surface area contributed by atoms with Gasteiger partial charge in [0.25, 0.3) is 0 Å². The van der Waals surface area contributed by atoms with E-state index in [-0.39, 0.29) is 12.3 Å². The van der Waals surface area contributed by atoms with Crippen LogP contribution in [0.1, 0.15) is 0 Å². The van der Waals surface area contributed by atoms with Gasteiger partial charge < -0.3 is 20.7 Å². The van der Waals surface area contributed by atoms with E-state index in [2.05, 4.69) is 27.9 Å². The van der Waals surface area contributed by atoms with E-state index < -0.39 is 0 Å². The average molecular weight is 335 g/mol. The first-order valence-corrected chi connectivity index (χ1v) is 6.19. The lowest BCUT2D eigenvalue weighted by Crippen LogP contribution is -2.44. The summed E-state index contributed by atoms with van der Waals surface area (Å²) in [4.78, 5) is 12.3. The smallest absolute Gasteiger partial charge is 0.215 e. The quantitative estimate of drug-likeness (QED) is 0.548. The highest BCUT2D eigenvalue weighted by Gasteiger charge is 2.24. The first kappa shape index (κ1) is 12.0. The van der Waals surface area contributed by atoms with Gasteiger partial charge in [-0.1, -0.05) is 0 Å². The van der Waals surface area contributed by atoms with Crippen LogP contribution < -0.4 is 11.1 Å². The molecule has 16 heavy (non-hydrogen) atoms. The molecule has 3 N–H and O–H groups in total. The van der Waals surface area contributed by atoms with Crippen LogP contribution in [-0.4, -0.2) is 43.3 Å². The van der Waals surface area contributed by atoms with Crippen molar-refractivity contribution in [3.05, 3.63) is 21.4 Å². The number of hydrogen-bond acceptors (Lipinski definition) is 4. The Labute approximate surface area is 108 Å². The molecule has 1 amide bonds. The van der Waals surface area contributed by atoms with Crippen molar-refractivity contribution >= 4 is 29.0 Å². The molecule has 1 fully saturated rings. The van der Waals surface area contributed by atoms with Crippen molar-refractivity contribution in [3.63, 3.8) is 0 Å². The van der Waals surface area contributed by atoms with E-state index in [0.717, 1.165) is 28.7 Å². The second-order valence-corrected chi connectivity index (χ2v) is 4.96. The fourth-order valence-corrected chi connectivity index (χ4v) is 2.41. The van der Waals surface area contributed by atoms with Crippen molar-refractivity contribution in [2.24, 2.45) is 5.73 Å². The van der Waals surface area contributed by atoms with Crippen LogP contribution in [0, 0.1) is 0 Å². The summed E-state index contributed by atoms with van der Waals surface area (Å²) < 4.78 is 6.57. The molecule has 0 aliphatic carbocycles. The molecule has 6 heteroatoms. The second-order valence-electron chi connectivity index (χ2n) is 3.72. The number of nitrogens with two attached hydrogens (primary N) is 1. The zero-order valence-electron chi connectivity index (χ0n) is 8.73. The van der Waals surface area contributed by atoms with E-state index in [4.69, 9.17) is 10.5 Å². The summed E-state index contributed by atoms with van der Waals surface area (Å²) in [5.74, 6) is 0. The molecule has 2 rings (SSSR count). The van der Waals surface area contributed by atoms with Gasteiger partial charge >= 0.3 is 0 Å². The topological polar surface area (TPSA) is 67.6 Å². The van der Waals surface area contributed by atoms with Crippen molar-refractivity contribution in [2.45, 2.75) is 12.3 Å². The molecule has 2 aliphatic rings. The number of carbonyl (C=O) groups excluding carboxylic acids is 1. The molecule has 0 aromatic carbocycles. The second kappa shape index (κ2) is 5.26. The highest BCUT2D eigenvalue weighted by molar-refractivity contribution is 14.1. The number of carbonyl (C=O) groups is 1. The van der Waals surface area contributed by atoms with Crippen LogP contribution in [0.5, 0.6) is 0 Å². The van der Waals surface area contributed by atoms with Gasteiger partial charge in [0.15, 0.2) is 0 Å². The first-order valence-electron chi connectivity index (χ1n) is 5.12. The average Bonchev–Trinajstić information content (AvgIpc) is 2.33. The highest BCUT2D eigenvalue weighted by atomic mass is 127. The highest BCUT2D eigenvalue weighted by Crippen LogP contribution is 2.24. The number of halogens is 1. The standard InChI is InChI=1S/C10H14IN3O2/c11-8-3-7(5-14(6-15)10(8)12)9-4-13-1-2-16-9/h3,5-6,9-10,13H,1-2,4,12H2. The summed E-state index contributed by atoms with van der Waals surface area (Å²) in [5, 5.41) is 3.26. The largest absolute Gasteiger partial charge is 0.371 e. The molecular formula is C10H14IN3O2. The van der Waals surface area contributed by atoms with E-state index in [1.807, 2.05) is 6.08 Å². The summed E-state index contributed by atoms with van der Waals surface area (Å²) in [6.07, 6.45) is 4.14. The van der Waals surface area contributed by atoms with Crippen molar-refractivity contribution in [1.29, 1.82) is 0 Å². The predicted molar refractivity (Wildman–Crippen MR) is 68.7 cm³/mol.